The summed E-state index contributed by atoms with van der Waals surface area (Å²) in [5, 5.41) is 6.80. The Morgan fingerprint density at radius 3 is 2.79 bits per heavy atom. The van der Waals surface area contributed by atoms with E-state index in [4.69, 9.17) is 21.1 Å². The van der Waals surface area contributed by atoms with Gasteiger partial charge in [0.05, 0.1) is 0 Å². The Morgan fingerprint density at radius 1 is 1.17 bits per heavy atom. The maximum absolute atomic E-state index is 12.1. The van der Waals surface area contributed by atoms with E-state index >= 15 is 0 Å². The number of hydrogen-bond acceptors (Lipinski definition) is 4. The number of amides is 1. The van der Waals surface area contributed by atoms with Crippen LogP contribution < -0.4 is 20.1 Å². The summed E-state index contributed by atoms with van der Waals surface area (Å²) in [4.78, 5) is 12.1. The normalized spacial score (nSPS) is 12.6. The second kappa shape index (κ2) is 7.45. The molecule has 0 radical (unpaired) electrons. The van der Waals surface area contributed by atoms with Crippen LogP contribution in [0, 0.1) is 6.92 Å². The summed E-state index contributed by atoms with van der Waals surface area (Å²) >= 11 is 6.08. The Labute approximate surface area is 145 Å². The van der Waals surface area contributed by atoms with Crippen molar-refractivity contribution in [1.82, 2.24) is 0 Å². The molecule has 0 bridgehead atoms. The average Bonchev–Trinajstić information content (AvgIpc) is 2.58. The van der Waals surface area contributed by atoms with Gasteiger partial charge in [0, 0.05) is 35.4 Å². The maximum atomic E-state index is 12.1. The number of fused-ring (bicyclic) bond motifs is 1. The Balaban J connectivity index is 1.52. The number of ether oxygens (including phenoxy) is 2. The zero-order valence-electron chi connectivity index (χ0n) is 13.4. The molecule has 24 heavy (non-hydrogen) atoms. The van der Waals surface area contributed by atoms with Crippen molar-refractivity contribution in [2.45, 2.75) is 13.3 Å². The van der Waals surface area contributed by atoms with E-state index in [-0.39, 0.29) is 5.91 Å². The lowest BCUT2D eigenvalue weighted by molar-refractivity contribution is -0.115. The molecule has 1 aliphatic heterocycles. The van der Waals surface area contributed by atoms with E-state index in [0.717, 1.165) is 11.3 Å². The number of carbonyl (C=O) groups is 1. The molecule has 0 unspecified atom stereocenters. The number of rotatable bonds is 5. The first-order valence-corrected chi connectivity index (χ1v) is 8.20. The van der Waals surface area contributed by atoms with Crippen LogP contribution >= 0.6 is 11.6 Å². The number of benzene rings is 2. The van der Waals surface area contributed by atoms with Gasteiger partial charge in [0.2, 0.25) is 5.91 Å². The minimum absolute atomic E-state index is 0.0705. The van der Waals surface area contributed by atoms with Gasteiger partial charge < -0.3 is 20.1 Å². The molecule has 6 heteroatoms. The van der Waals surface area contributed by atoms with E-state index in [1.165, 1.54) is 0 Å². The molecule has 2 N–H and O–H groups in total. The topological polar surface area (TPSA) is 59.6 Å². The number of nitrogens with one attached hydrogen (secondary N) is 2. The molecule has 1 heterocycles. The number of hydrogen-bond donors (Lipinski definition) is 2. The predicted molar refractivity (Wildman–Crippen MR) is 95.4 cm³/mol. The zero-order chi connectivity index (χ0) is 16.9. The van der Waals surface area contributed by atoms with Crippen molar-refractivity contribution in [2.75, 3.05) is 30.4 Å². The summed E-state index contributed by atoms with van der Waals surface area (Å²) in [7, 11) is 0. The summed E-state index contributed by atoms with van der Waals surface area (Å²) in [6.45, 7) is 3.54. The monoisotopic (exact) mass is 346 g/mol. The molecule has 0 aromatic heterocycles. The first-order chi connectivity index (χ1) is 11.6. The molecule has 0 saturated carbocycles. The van der Waals surface area contributed by atoms with Gasteiger partial charge in [-0.05, 0) is 36.8 Å². The maximum Gasteiger partial charge on any atom is 0.226 e. The van der Waals surface area contributed by atoms with Crippen LogP contribution in [0.3, 0.4) is 0 Å². The van der Waals surface area contributed by atoms with Gasteiger partial charge in [-0.3, -0.25) is 4.79 Å². The molecule has 2 aromatic carbocycles. The van der Waals surface area contributed by atoms with E-state index in [9.17, 15) is 4.79 Å². The molecule has 0 spiro atoms. The third-order valence-corrected chi connectivity index (χ3v) is 4.17. The molecular formula is C18H19ClN2O3. The van der Waals surface area contributed by atoms with Crippen molar-refractivity contribution in [3.63, 3.8) is 0 Å². The van der Waals surface area contributed by atoms with Gasteiger partial charge in [0.15, 0.2) is 11.5 Å². The third-order valence-electron chi connectivity index (χ3n) is 3.76. The second-order valence-electron chi connectivity index (χ2n) is 5.50. The zero-order valence-corrected chi connectivity index (χ0v) is 14.2. The fraction of sp³-hybridized carbons (Fsp3) is 0.278. The van der Waals surface area contributed by atoms with Crippen LogP contribution in [0.25, 0.3) is 0 Å². The fourth-order valence-electron chi connectivity index (χ4n) is 2.45. The summed E-state index contributed by atoms with van der Waals surface area (Å²) in [5.74, 6) is 1.29. The van der Waals surface area contributed by atoms with Crippen molar-refractivity contribution < 1.29 is 14.3 Å². The van der Waals surface area contributed by atoms with Crippen molar-refractivity contribution in [2.24, 2.45) is 0 Å². The predicted octanol–water partition coefficient (Wildman–Crippen LogP) is 3.86. The smallest absolute Gasteiger partial charge is 0.226 e. The van der Waals surface area contributed by atoms with Gasteiger partial charge in [-0.25, -0.2) is 0 Å². The lowest BCUT2D eigenvalue weighted by Gasteiger charge is -2.19. The van der Waals surface area contributed by atoms with Gasteiger partial charge in [0.1, 0.15) is 13.2 Å². The van der Waals surface area contributed by atoms with Crippen LogP contribution in [0.15, 0.2) is 36.4 Å². The van der Waals surface area contributed by atoms with Crippen LogP contribution in [0.1, 0.15) is 12.0 Å². The minimum atomic E-state index is -0.0705. The molecule has 126 valence electrons. The van der Waals surface area contributed by atoms with Crippen LogP contribution in [0.5, 0.6) is 11.5 Å². The van der Waals surface area contributed by atoms with Crippen LogP contribution in [0.2, 0.25) is 5.02 Å². The SMILES string of the molecule is Cc1c(Cl)cccc1NCCC(=O)Nc1ccc2c(c1)OCCO2. The summed E-state index contributed by atoms with van der Waals surface area (Å²) in [5.41, 5.74) is 2.62. The van der Waals surface area contributed by atoms with Gasteiger partial charge in [0.25, 0.3) is 0 Å². The summed E-state index contributed by atoms with van der Waals surface area (Å²) < 4.78 is 11.0. The lowest BCUT2D eigenvalue weighted by atomic mass is 10.2. The molecular weight excluding hydrogens is 328 g/mol. The Morgan fingerprint density at radius 2 is 1.96 bits per heavy atom. The molecule has 0 fully saturated rings. The molecule has 5 nitrogen and oxygen atoms in total. The lowest BCUT2D eigenvalue weighted by Crippen LogP contribution is -2.18. The van der Waals surface area contributed by atoms with Gasteiger partial charge in [-0.15, -0.1) is 0 Å². The highest BCUT2D eigenvalue weighted by molar-refractivity contribution is 6.31. The van der Waals surface area contributed by atoms with Crippen LogP contribution in [-0.2, 0) is 4.79 Å². The van der Waals surface area contributed by atoms with Crippen LogP contribution in [0.4, 0.5) is 11.4 Å². The van der Waals surface area contributed by atoms with E-state index in [0.29, 0.717) is 48.4 Å². The van der Waals surface area contributed by atoms with Crippen molar-refractivity contribution >= 4 is 28.9 Å². The number of halogens is 1. The quantitative estimate of drug-likeness (QED) is 0.863. The fourth-order valence-corrected chi connectivity index (χ4v) is 2.63. The highest BCUT2D eigenvalue weighted by Gasteiger charge is 2.12. The van der Waals surface area contributed by atoms with E-state index in [1.807, 2.05) is 25.1 Å². The Bertz CT molecular complexity index is 749. The minimum Gasteiger partial charge on any atom is -0.486 e. The van der Waals surface area contributed by atoms with E-state index < -0.39 is 0 Å². The number of anilines is 2. The molecule has 0 atom stereocenters. The summed E-state index contributed by atoms with van der Waals surface area (Å²) in [6.07, 6.45) is 0.348. The van der Waals surface area contributed by atoms with E-state index in [2.05, 4.69) is 10.6 Å². The molecule has 2 aromatic rings. The first kappa shape index (κ1) is 16.5. The van der Waals surface area contributed by atoms with Gasteiger partial charge >= 0.3 is 0 Å². The highest BCUT2D eigenvalue weighted by atomic mass is 35.5. The molecule has 1 aliphatic rings. The van der Waals surface area contributed by atoms with Crippen molar-refractivity contribution in [3.05, 3.63) is 47.0 Å². The van der Waals surface area contributed by atoms with E-state index in [1.54, 1.807) is 18.2 Å². The molecule has 0 saturated heterocycles. The van der Waals surface area contributed by atoms with Gasteiger partial charge in [-0.2, -0.15) is 0 Å². The molecule has 3 rings (SSSR count). The Kier molecular flexibility index (Phi) is 5.11. The average molecular weight is 347 g/mol. The molecule has 1 amide bonds. The molecule has 0 aliphatic carbocycles. The highest BCUT2D eigenvalue weighted by Crippen LogP contribution is 2.32. The largest absolute Gasteiger partial charge is 0.486 e. The first-order valence-electron chi connectivity index (χ1n) is 7.82. The second-order valence-corrected chi connectivity index (χ2v) is 5.90. The van der Waals surface area contributed by atoms with Gasteiger partial charge in [-0.1, -0.05) is 17.7 Å². The standard InChI is InChI=1S/C18H19ClN2O3/c1-12-14(19)3-2-4-15(12)20-8-7-18(22)21-13-5-6-16-17(11-13)24-10-9-23-16/h2-6,11,20H,7-10H2,1H3,(H,21,22). The van der Waals surface area contributed by atoms with Crippen LogP contribution in [-0.4, -0.2) is 25.7 Å². The summed E-state index contributed by atoms with van der Waals surface area (Å²) in [6, 6.07) is 11.1. The van der Waals surface area contributed by atoms with Crippen molar-refractivity contribution in [1.29, 1.82) is 0 Å². The number of carbonyl (C=O) groups excluding carboxylic acids is 1. The third kappa shape index (κ3) is 3.92. The van der Waals surface area contributed by atoms with Crippen molar-refractivity contribution in [3.8, 4) is 11.5 Å². The Hall–Kier alpha value is -2.40.